The first-order valence-electron chi connectivity index (χ1n) is 10.2. The molecule has 9 heteroatoms. The van der Waals surface area contributed by atoms with E-state index >= 15 is 0 Å². The van der Waals surface area contributed by atoms with E-state index in [0.29, 0.717) is 48.2 Å². The second kappa shape index (κ2) is 7.89. The van der Waals surface area contributed by atoms with Crippen molar-refractivity contribution in [2.75, 3.05) is 25.7 Å². The summed E-state index contributed by atoms with van der Waals surface area (Å²) in [4.78, 5) is 32.8. The number of hydrogen-bond acceptors (Lipinski definition) is 6. The molecule has 3 aromatic rings. The SMILES string of the molecule is CCCCn1c(=O)c2c(nc3n2CCCN3c2cc(OC)ccc2OC)n(C)c1=O. The molecule has 0 bridgehead atoms. The summed E-state index contributed by atoms with van der Waals surface area (Å²) >= 11 is 0. The molecule has 0 saturated carbocycles. The van der Waals surface area contributed by atoms with Crippen LogP contribution in [-0.4, -0.2) is 39.4 Å². The van der Waals surface area contributed by atoms with Crippen molar-refractivity contribution in [2.45, 2.75) is 39.3 Å². The lowest BCUT2D eigenvalue weighted by Crippen LogP contribution is -2.40. The van der Waals surface area contributed by atoms with Crippen LogP contribution >= 0.6 is 0 Å². The molecule has 0 aliphatic carbocycles. The van der Waals surface area contributed by atoms with E-state index in [4.69, 9.17) is 14.5 Å². The molecule has 3 heterocycles. The number of aryl methyl sites for hydroxylation is 2. The Morgan fingerprint density at radius 1 is 1.13 bits per heavy atom. The number of hydrogen-bond donors (Lipinski definition) is 0. The molecule has 0 N–H and O–H groups in total. The summed E-state index contributed by atoms with van der Waals surface area (Å²) in [6, 6.07) is 5.58. The quantitative estimate of drug-likeness (QED) is 0.616. The Hall–Kier alpha value is -3.23. The van der Waals surface area contributed by atoms with Crippen molar-refractivity contribution in [1.29, 1.82) is 0 Å². The van der Waals surface area contributed by atoms with Gasteiger partial charge in [-0.2, -0.15) is 4.98 Å². The average Bonchev–Trinajstić information content (AvgIpc) is 3.17. The van der Waals surface area contributed by atoms with E-state index in [9.17, 15) is 9.59 Å². The van der Waals surface area contributed by atoms with Gasteiger partial charge in [-0.15, -0.1) is 0 Å². The van der Waals surface area contributed by atoms with E-state index in [1.165, 1.54) is 9.13 Å². The van der Waals surface area contributed by atoms with Crippen molar-refractivity contribution in [2.24, 2.45) is 7.05 Å². The van der Waals surface area contributed by atoms with Gasteiger partial charge in [0.05, 0.1) is 19.9 Å². The van der Waals surface area contributed by atoms with Gasteiger partial charge in [-0.25, -0.2) is 4.79 Å². The number of methoxy groups -OCH3 is 2. The average molecular weight is 413 g/mol. The van der Waals surface area contributed by atoms with E-state index in [0.717, 1.165) is 24.9 Å². The second-order valence-corrected chi connectivity index (χ2v) is 7.43. The van der Waals surface area contributed by atoms with E-state index in [2.05, 4.69) is 0 Å². The normalized spacial score (nSPS) is 13.5. The van der Waals surface area contributed by atoms with Crippen molar-refractivity contribution in [3.8, 4) is 11.5 Å². The molecule has 0 fully saturated rings. The van der Waals surface area contributed by atoms with Crippen molar-refractivity contribution >= 4 is 22.8 Å². The van der Waals surface area contributed by atoms with Gasteiger partial charge in [-0.05, 0) is 25.0 Å². The molecule has 1 aromatic carbocycles. The number of unbranched alkanes of at least 4 members (excludes halogenated alkanes) is 1. The topological polar surface area (TPSA) is 83.5 Å². The molecule has 9 nitrogen and oxygen atoms in total. The molecule has 0 atom stereocenters. The molecule has 0 saturated heterocycles. The van der Waals surface area contributed by atoms with Crippen LogP contribution < -0.4 is 25.6 Å². The predicted octanol–water partition coefficient (Wildman–Crippen LogP) is 2.26. The highest BCUT2D eigenvalue weighted by atomic mass is 16.5. The largest absolute Gasteiger partial charge is 0.497 e. The molecular weight excluding hydrogens is 386 g/mol. The van der Waals surface area contributed by atoms with Crippen LogP contribution in [0.5, 0.6) is 11.5 Å². The fourth-order valence-corrected chi connectivity index (χ4v) is 4.01. The highest BCUT2D eigenvalue weighted by Gasteiger charge is 2.28. The number of benzene rings is 1. The minimum absolute atomic E-state index is 0.278. The van der Waals surface area contributed by atoms with Crippen LogP contribution in [0.4, 0.5) is 11.6 Å². The summed E-state index contributed by atoms with van der Waals surface area (Å²) in [5, 5.41) is 0. The van der Waals surface area contributed by atoms with E-state index in [1.54, 1.807) is 21.3 Å². The molecular formula is C21H27N5O4. The van der Waals surface area contributed by atoms with Crippen LogP contribution in [0.3, 0.4) is 0 Å². The number of nitrogens with zero attached hydrogens (tertiary/aromatic N) is 5. The Balaban J connectivity index is 1.95. The van der Waals surface area contributed by atoms with Gasteiger partial charge in [0.1, 0.15) is 11.5 Å². The molecule has 0 amide bonds. The predicted molar refractivity (Wildman–Crippen MR) is 115 cm³/mol. The highest BCUT2D eigenvalue weighted by molar-refractivity contribution is 5.78. The lowest BCUT2D eigenvalue weighted by atomic mass is 10.2. The van der Waals surface area contributed by atoms with E-state index < -0.39 is 0 Å². The second-order valence-electron chi connectivity index (χ2n) is 7.43. The first-order chi connectivity index (χ1) is 14.5. The number of anilines is 2. The minimum atomic E-state index is -0.332. The third kappa shape index (κ3) is 3.05. The Bertz CT molecular complexity index is 1210. The van der Waals surface area contributed by atoms with Crippen LogP contribution in [0.25, 0.3) is 11.2 Å². The van der Waals surface area contributed by atoms with Crippen LogP contribution in [0.15, 0.2) is 27.8 Å². The molecule has 1 aliphatic heterocycles. The standard InChI is InChI=1S/C21H27N5O4/c1-5-6-10-26-19(27)17-18(23(2)21(26)28)22-20-24(11-7-12-25(17)20)15-13-14(29-3)8-9-16(15)30-4/h8-9,13H,5-7,10-12H2,1-4H3. The first-order valence-corrected chi connectivity index (χ1v) is 10.2. The van der Waals surface area contributed by atoms with E-state index in [1.807, 2.05) is 34.6 Å². The molecule has 1 aliphatic rings. The summed E-state index contributed by atoms with van der Waals surface area (Å²) in [7, 11) is 4.90. The van der Waals surface area contributed by atoms with Gasteiger partial charge < -0.3 is 18.9 Å². The number of rotatable bonds is 6. The minimum Gasteiger partial charge on any atom is -0.497 e. The fourth-order valence-electron chi connectivity index (χ4n) is 4.01. The van der Waals surface area contributed by atoms with Crippen LogP contribution in [-0.2, 0) is 20.1 Å². The van der Waals surface area contributed by atoms with Gasteiger partial charge in [0.15, 0.2) is 11.2 Å². The third-order valence-electron chi connectivity index (χ3n) is 5.63. The van der Waals surface area contributed by atoms with Gasteiger partial charge in [0.2, 0.25) is 5.95 Å². The zero-order valence-corrected chi connectivity index (χ0v) is 17.8. The fraction of sp³-hybridized carbons (Fsp3) is 0.476. The van der Waals surface area contributed by atoms with Crippen LogP contribution in [0.1, 0.15) is 26.2 Å². The Kier molecular flexibility index (Phi) is 5.27. The maximum Gasteiger partial charge on any atom is 0.332 e. The van der Waals surface area contributed by atoms with Gasteiger partial charge in [-0.1, -0.05) is 13.3 Å². The van der Waals surface area contributed by atoms with Gasteiger partial charge in [-0.3, -0.25) is 13.9 Å². The first kappa shape index (κ1) is 20.1. The summed E-state index contributed by atoms with van der Waals surface area (Å²) in [5.41, 5.74) is 1.07. The molecule has 30 heavy (non-hydrogen) atoms. The van der Waals surface area contributed by atoms with Crippen LogP contribution in [0.2, 0.25) is 0 Å². The Morgan fingerprint density at radius 2 is 1.93 bits per heavy atom. The van der Waals surface area contributed by atoms with Crippen molar-refractivity contribution in [3.63, 3.8) is 0 Å². The summed E-state index contributed by atoms with van der Waals surface area (Å²) in [6.45, 7) is 3.82. The molecule has 0 unspecified atom stereocenters. The number of ether oxygens (including phenoxy) is 2. The summed E-state index contributed by atoms with van der Waals surface area (Å²) in [6.07, 6.45) is 2.51. The van der Waals surface area contributed by atoms with E-state index in [-0.39, 0.29) is 11.2 Å². The maximum absolute atomic E-state index is 13.2. The third-order valence-corrected chi connectivity index (χ3v) is 5.63. The van der Waals surface area contributed by atoms with Gasteiger partial charge in [0, 0.05) is 32.7 Å². The Labute approximate surface area is 174 Å². The molecule has 160 valence electrons. The molecule has 0 spiro atoms. The zero-order valence-electron chi connectivity index (χ0n) is 17.8. The van der Waals surface area contributed by atoms with Crippen molar-refractivity contribution < 1.29 is 9.47 Å². The lowest BCUT2D eigenvalue weighted by Gasteiger charge is -2.30. The maximum atomic E-state index is 13.2. The molecule has 2 aromatic heterocycles. The van der Waals surface area contributed by atoms with Crippen molar-refractivity contribution in [3.05, 3.63) is 39.0 Å². The molecule has 0 radical (unpaired) electrons. The van der Waals surface area contributed by atoms with Crippen LogP contribution in [0, 0.1) is 0 Å². The number of imidazole rings is 1. The Morgan fingerprint density at radius 3 is 2.63 bits per heavy atom. The highest BCUT2D eigenvalue weighted by Crippen LogP contribution is 2.38. The number of aromatic nitrogens is 4. The lowest BCUT2D eigenvalue weighted by molar-refractivity contribution is 0.403. The monoisotopic (exact) mass is 413 g/mol. The van der Waals surface area contributed by atoms with Gasteiger partial charge >= 0.3 is 5.69 Å². The van der Waals surface area contributed by atoms with Gasteiger partial charge in [0.25, 0.3) is 5.56 Å². The summed E-state index contributed by atoms with van der Waals surface area (Å²) < 4.78 is 15.7. The van der Waals surface area contributed by atoms with Crippen molar-refractivity contribution in [1.82, 2.24) is 18.7 Å². The number of fused-ring (bicyclic) bond motifs is 3. The smallest absolute Gasteiger partial charge is 0.332 e. The summed E-state index contributed by atoms with van der Waals surface area (Å²) in [5.74, 6) is 2.02. The zero-order chi connectivity index (χ0) is 21.4. The molecule has 4 rings (SSSR count).